The minimum absolute atomic E-state index is 0.597. The third-order valence-corrected chi connectivity index (χ3v) is 3.53. The molecule has 0 aromatic heterocycles. The van der Waals surface area contributed by atoms with E-state index in [1.54, 1.807) is 54.6 Å². The highest BCUT2D eigenvalue weighted by Crippen LogP contribution is 2.30. The molecule has 0 bridgehead atoms. The SMILES string of the molecule is Cc1cc(Oc2ccc(C=O)cc2)cc(Oc2ccc(C=O)cc2)c1. The first-order chi connectivity index (χ1) is 12.2. The van der Waals surface area contributed by atoms with Crippen LogP contribution in [-0.2, 0) is 0 Å². The van der Waals surface area contributed by atoms with Crippen molar-refractivity contribution in [1.82, 2.24) is 0 Å². The first-order valence-electron chi connectivity index (χ1n) is 7.74. The highest BCUT2D eigenvalue weighted by Gasteiger charge is 2.04. The summed E-state index contributed by atoms with van der Waals surface area (Å²) >= 11 is 0. The van der Waals surface area contributed by atoms with Gasteiger partial charge < -0.3 is 9.47 Å². The number of rotatable bonds is 6. The number of hydrogen-bond donors (Lipinski definition) is 0. The molecule has 0 saturated heterocycles. The van der Waals surface area contributed by atoms with Crippen molar-refractivity contribution in [1.29, 1.82) is 0 Å². The van der Waals surface area contributed by atoms with Gasteiger partial charge in [-0.25, -0.2) is 0 Å². The molecule has 4 nitrogen and oxygen atoms in total. The maximum absolute atomic E-state index is 10.7. The molecule has 0 radical (unpaired) electrons. The molecule has 25 heavy (non-hydrogen) atoms. The summed E-state index contributed by atoms with van der Waals surface area (Å²) in [6, 6.07) is 19.3. The van der Waals surface area contributed by atoms with Gasteiger partial charge in [0.15, 0.2) is 0 Å². The van der Waals surface area contributed by atoms with Gasteiger partial charge in [-0.2, -0.15) is 0 Å². The molecule has 124 valence electrons. The zero-order chi connectivity index (χ0) is 17.6. The minimum Gasteiger partial charge on any atom is -0.457 e. The highest BCUT2D eigenvalue weighted by molar-refractivity contribution is 5.75. The maximum atomic E-state index is 10.7. The van der Waals surface area contributed by atoms with Crippen LogP contribution in [0.1, 0.15) is 26.3 Å². The van der Waals surface area contributed by atoms with E-state index in [0.717, 1.165) is 18.1 Å². The fourth-order valence-electron chi connectivity index (χ4n) is 2.33. The average molecular weight is 332 g/mol. The van der Waals surface area contributed by atoms with Crippen LogP contribution >= 0.6 is 0 Å². The summed E-state index contributed by atoms with van der Waals surface area (Å²) in [4.78, 5) is 21.4. The number of aldehydes is 2. The Hall–Kier alpha value is -3.40. The van der Waals surface area contributed by atoms with Crippen molar-refractivity contribution in [2.24, 2.45) is 0 Å². The quantitative estimate of drug-likeness (QED) is 0.582. The molecule has 3 aromatic carbocycles. The summed E-state index contributed by atoms with van der Waals surface area (Å²) in [5.74, 6) is 2.55. The van der Waals surface area contributed by atoms with Crippen molar-refractivity contribution >= 4 is 12.6 Å². The van der Waals surface area contributed by atoms with Gasteiger partial charge >= 0.3 is 0 Å². The standard InChI is InChI=1S/C21H16O4/c1-15-10-20(24-18-6-2-16(13-22)3-7-18)12-21(11-15)25-19-8-4-17(14-23)5-9-19/h2-14H,1H3. The van der Waals surface area contributed by atoms with E-state index < -0.39 is 0 Å². The number of aryl methyl sites for hydroxylation is 1. The van der Waals surface area contributed by atoms with Crippen LogP contribution in [0.25, 0.3) is 0 Å². The Kier molecular flexibility index (Phi) is 4.90. The molecule has 0 heterocycles. The van der Waals surface area contributed by atoms with Gasteiger partial charge in [0.2, 0.25) is 0 Å². The third-order valence-electron chi connectivity index (χ3n) is 3.53. The van der Waals surface area contributed by atoms with Crippen molar-refractivity contribution in [3.05, 3.63) is 83.4 Å². The lowest BCUT2D eigenvalue weighted by molar-refractivity contribution is 0.111. The Labute approximate surface area is 145 Å². The summed E-state index contributed by atoms with van der Waals surface area (Å²) in [5.41, 5.74) is 2.18. The van der Waals surface area contributed by atoms with Gasteiger partial charge in [0.1, 0.15) is 35.6 Å². The van der Waals surface area contributed by atoms with Crippen LogP contribution in [0.4, 0.5) is 0 Å². The molecule has 0 unspecified atom stereocenters. The van der Waals surface area contributed by atoms with Crippen molar-refractivity contribution in [2.45, 2.75) is 6.92 Å². The van der Waals surface area contributed by atoms with Gasteiger partial charge in [-0.3, -0.25) is 9.59 Å². The molecule has 0 aliphatic rings. The Morgan fingerprint density at radius 3 is 1.36 bits per heavy atom. The second kappa shape index (κ2) is 7.45. The second-order valence-corrected chi connectivity index (χ2v) is 5.56. The predicted octanol–water partition coefficient (Wildman–Crippen LogP) is 5.20. The van der Waals surface area contributed by atoms with E-state index in [1.807, 2.05) is 19.1 Å². The van der Waals surface area contributed by atoms with Gasteiger partial charge in [0, 0.05) is 17.2 Å². The van der Waals surface area contributed by atoms with Gasteiger partial charge in [0.25, 0.3) is 0 Å². The fraction of sp³-hybridized carbons (Fsp3) is 0.0476. The van der Waals surface area contributed by atoms with Crippen LogP contribution in [0.2, 0.25) is 0 Å². The van der Waals surface area contributed by atoms with E-state index in [1.165, 1.54) is 0 Å². The summed E-state index contributed by atoms with van der Waals surface area (Å²) in [6.07, 6.45) is 1.58. The molecule has 0 fully saturated rings. The number of benzene rings is 3. The first kappa shape index (κ1) is 16.5. The zero-order valence-electron chi connectivity index (χ0n) is 13.6. The molecule has 0 amide bonds. The average Bonchev–Trinajstić information content (AvgIpc) is 2.62. The summed E-state index contributed by atoms with van der Waals surface area (Å²) in [6.45, 7) is 1.95. The molecular weight excluding hydrogens is 316 g/mol. The molecule has 0 spiro atoms. The fourth-order valence-corrected chi connectivity index (χ4v) is 2.33. The van der Waals surface area contributed by atoms with E-state index in [0.29, 0.717) is 34.1 Å². The monoisotopic (exact) mass is 332 g/mol. The van der Waals surface area contributed by atoms with E-state index in [2.05, 4.69) is 0 Å². The van der Waals surface area contributed by atoms with Gasteiger partial charge in [-0.1, -0.05) is 0 Å². The van der Waals surface area contributed by atoms with Gasteiger partial charge in [-0.15, -0.1) is 0 Å². The molecule has 4 heteroatoms. The predicted molar refractivity (Wildman–Crippen MR) is 95.0 cm³/mol. The van der Waals surface area contributed by atoms with Crippen LogP contribution in [0, 0.1) is 6.92 Å². The normalized spacial score (nSPS) is 10.1. The molecular formula is C21H16O4. The Morgan fingerprint density at radius 2 is 1.00 bits per heavy atom. The number of ether oxygens (including phenoxy) is 2. The minimum atomic E-state index is 0.597. The number of hydrogen-bond acceptors (Lipinski definition) is 4. The Balaban J connectivity index is 1.78. The smallest absolute Gasteiger partial charge is 0.150 e. The second-order valence-electron chi connectivity index (χ2n) is 5.56. The highest BCUT2D eigenvalue weighted by atomic mass is 16.5. The molecule has 0 atom stereocenters. The molecule has 0 N–H and O–H groups in total. The Bertz CT molecular complexity index is 809. The van der Waals surface area contributed by atoms with E-state index in [-0.39, 0.29) is 0 Å². The van der Waals surface area contributed by atoms with Crippen LogP contribution in [0.5, 0.6) is 23.0 Å². The lowest BCUT2D eigenvalue weighted by atomic mass is 10.2. The lowest BCUT2D eigenvalue weighted by Crippen LogP contribution is -1.90. The summed E-state index contributed by atoms with van der Waals surface area (Å²) < 4.78 is 11.7. The molecule has 0 saturated carbocycles. The van der Waals surface area contributed by atoms with Crippen LogP contribution in [0.15, 0.2) is 66.7 Å². The molecule has 0 aliphatic heterocycles. The lowest BCUT2D eigenvalue weighted by Gasteiger charge is -2.11. The van der Waals surface area contributed by atoms with E-state index in [9.17, 15) is 9.59 Å². The van der Waals surface area contributed by atoms with Crippen molar-refractivity contribution in [3.63, 3.8) is 0 Å². The maximum Gasteiger partial charge on any atom is 0.150 e. The van der Waals surface area contributed by atoms with Gasteiger partial charge in [-0.05, 0) is 73.2 Å². The third kappa shape index (κ3) is 4.32. The number of carbonyl (C=O) groups excluding carboxylic acids is 2. The van der Waals surface area contributed by atoms with Crippen LogP contribution < -0.4 is 9.47 Å². The molecule has 0 aliphatic carbocycles. The topological polar surface area (TPSA) is 52.6 Å². The van der Waals surface area contributed by atoms with Crippen LogP contribution in [0.3, 0.4) is 0 Å². The van der Waals surface area contributed by atoms with Crippen molar-refractivity contribution in [2.75, 3.05) is 0 Å². The van der Waals surface area contributed by atoms with Crippen molar-refractivity contribution in [3.8, 4) is 23.0 Å². The van der Waals surface area contributed by atoms with Gasteiger partial charge in [0.05, 0.1) is 0 Å². The largest absolute Gasteiger partial charge is 0.457 e. The zero-order valence-corrected chi connectivity index (χ0v) is 13.6. The Morgan fingerprint density at radius 1 is 0.600 bits per heavy atom. The summed E-state index contributed by atoms with van der Waals surface area (Å²) in [5, 5.41) is 0. The van der Waals surface area contributed by atoms with E-state index >= 15 is 0 Å². The van der Waals surface area contributed by atoms with E-state index in [4.69, 9.17) is 9.47 Å². The first-order valence-corrected chi connectivity index (χ1v) is 7.74. The summed E-state index contributed by atoms with van der Waals surface area (Å²) in [7, 11) is 0. The van der Waals surface area contributed by atoms with Crippen LogP contribution in [-0.4, -0.2) is 12.6 Å². The molecule has 3 rings (SSSR count). The number of carbonyl (C=O) groups is 2. The van der Waals surface area contributed by atoms with Crippen molar-refractivity contribution < 1.29 is 19.1 Å². The molecule has 3 aromatic rings.